The average Bonchev–Trinajstić information content (AvgIpc) is 2.41. The van der Waals surface area contributed by atoms with Gasteiger partial charge in [0.1, 0.15) is 0 Å². The second kappa shape index (κ2) is 11.1. The second-order valence-corrected chi connectivity index (χ2v) is 4.60. The molecule has 0 aromatic carbocycles. The lowest BCUT2D eigenvalue weighted by molar-refractivity contribution is -0.117. The first kappa shape index (κ1) is 18.2. The molecule has 3 nitrogen and oxygen atoms in total. The summed E-state index contributed by atoms with van der Waals surface area (Å²) in [4.78, 5) is 12.1. The first-order valence-corrected chi connectivity index (χ1v) is 7.36. The van der Waals surface area contributed by atoms with Gasteiger partial charge < -0.3 is 11.1 Å². The Hall–Kier alpha value is -1.77. The predicted molar refractivity (Wildman–Crippen MR) is 87.1 cm³/mol. The van der Waals surface area contributed by atoms with Crippen LogP contribution in [0.2, 0.25) is 0 Å². The summed E-state index contributed by atoms with van der Waals surface area (Å²) >= 11 is 0. The van der Waals surface area contributed by atoms with Gasteiger partial charge in [0.05, 0.1) is 0 Å². The van der Waals surface area contributed by atoms with Gasteiger partial charge in [-0.05, 0) is 38.3 Å². The first-order valence-electron chi connectivity index (χ1n) is 7.36. The molecule has 0 aromatic rings. The average molecular weight is 276 g/mol. The molecule has 0 atom stereocenters. The number of carbonyl (C=O) groups excluding carboxylic acids is 1. The molecule has 3 N–H and O–H groups in total. The molecule has 0 spiro atoms. The van der Waals surface area contributed by atoms with E-state index in [1.807, 2.05) is 44.2 Å². The van der Waals surface area contributed by atoms with Crippen LogP contribution in [0.25, 0.3) is 0 Å². The summed E-state index contributed by atoms with van der Waals surface area (Å²) in [6.45, 7) is 8.54. The third-order valence-corrected chi connectivity index (χ3v) is 2.65. The summed E-state index contributed by atoms with van der Waals surface area (Å²) in [5.41, 5.74) is 8.11. The van der Waals surface area contributed by atoms with E-state index in [1.165, 1.54) is 0 Å². The maximum absolute atomic E-state index is 12.1. The van der Waals surface area contributed by atoms with Gasteiger partial charge in [0.2, 0.25) is 0 Å². The molecular weight excluding hydrogens is 248 g/mol. The smallest absolute Gasteiger partial charge is 0.251 e. The molecule has 0 saturated heterocycles. The molecule has 3 heteroatoms. The van der Waals surface area contributed by atoms with Crippen LogP contribution in [-0.2, 0) is 4.79 Å². The van der Waals surface area contributed by atoms with E-state index < -0.39 is 0 Å². The highest BCUT2D eigenvalue weighted by Crippen LogP contribution is 2.10. The maximum Gasteiger partial charge on any atom is 0.251 e. The van der Waals surface area contributed by atoms with Gasteiger partial charge in [-0.1, -0.05) is 44.6 Å². The molecule has 0 aliphatic heterocycles. The number of unbranched alkanes of at least 4 members (excludes halogenated alkanes) is 1. The number of carbonyl (C=O) groups is 1. The van der Waals surface area contributed by atoms with Crippen molar-refractivity contribution in [1.29, 1.82) is 0 Å². The molecule has 1 amide bonds. The molecule has 0 aliphatic rings. The summed E-state index contributed by atoms with van der Waals surface area (Å²) in [6, 6.07) is 0. The predicted octanol–water partition coefficient (Wildman–Crippen LogP) is 3.60. The number of likely N-dealkylation sites (N-methyl/N-ethyl adjacent to an activating group) is 1. The number of hydrogen-bond donors (Lipinski definition) is 2. The minimum Gasteiger partial charge on any atom is -0.402 e. The Labute approximate surface area is 123 Å². The Morgan fingerprint density at radius 2 is 1.85 bits per heavy atom. The molecule has 0 rings (SSSR count). The fourth-order valence-corrected chi connectivity index (χ4v) is 1.53. The minimum atomic E-state index is -0.0662. The molecule has 0 aliphatic carbocycles. The van der Waals surface area contributed by atoms with Gasteiger partial charge in [-0.2, -0.15) is 0 Å². The molecule has 112 valence electrons. The topological polar surface area (TPSA) is 55.1 Å². The number of hydrogen-bond acceptors (Lipinski definition) is 2. The first-order chi connectivity index (χ1) is 9.56. The Balaban J connectivity index is 5.35. The molecule has 0 aromatic heterocycles. The van der Waals surface area contributed by atoms with Crippen molar-refractivity contribution in [3.63, 3.8) is 0 Å². The van der Waals surface area contributed by atoms with Crippen molar-refractivity contribution in [3.05, 3.63) is 47.2 Å². The number of amides is 1. The fourth-order valence-electron chi connectivity index (χ4n) is 1.53. The zero-order chi connectivity index (χ0) is 15.4. The zero-order valence-electron chi connectivity index (χ0n) is 13.2. The zero-order valence-corrected chi connectivity index (χ0v) is 13.2. The quantitative estimate of drug-likeness (QED) is 0.525. The summed E-state index contributed by atoms with van der Waals surface area (Å²) in [5, 5.41) is 2.83. The summed E-state index contributed by atoms with van der Waals surface area (Å²) < 4.78 is 0. The van der Waals surface area contributed by atoms with Crippen LogP contribution in [0.1, 0.15) is 47.0 Å². The van der Waals surface area contributed by atoms with Crippen molar-refractivity contribution >= 4 is 5.91 Å². The molecule has 0 fully saturated rings. The van der Waals surface area contributed by atoms with Gasteiger partial charge in [-0.25, -0.2) is 0 Å². The van der Waals surface area contributed by atoms with Crippen molar-refractivity contribution in [2.75, 3.05) is 6.54 Å². The van der Waals surface area contributed by atoms with Crippen molar-refractivity contribution in [2.24, 2.45) is 5.73 Å². The maximum atomic E-state index is 12.1. The van der Waals surface area contributed by atoms with Crippen LogP contribution in [0.4, 0.5) is 0 Å². The number of nitrogens with one attached hydrogen (secondary N) is 1. The molecule has 0 heterocycles. The number of rotatable bonds is 8. The van der Waals surface area contributed by atoms with Crippen LogP contribution < -0.4 is 11.1 Å². The van der Waals surface area contributed by atoms with Gasteiger partial charge in [0.25, 0.3) is 5.91 Å². The molecule has 0 bridgehead atoms. The van der Waals surface area contributed by atoms with Crippen LogP contribution in [0, 0.1) is 0 Å². The van der Waals surface area contributed by atoms with Gasteiger partial charge >= 0.3 is 0 Å². The molecule has 0 unspecified atom stereocenters. The minimum absolute atomic E-state index is 0.0662. The lowest BCUT2D eigenvalue weighted by atomic mass is 10.1. The van der Waals surface area contributed by atoms with Crippen molar-refractivity contribution < 1.29 is 4.79 Å². The van der Waals surface area contributed by atoms with Crippen LogP contribution in [0.15, 0.2) is 47.2 Å². The largest absolute Gasteiger partial charge is 0.402 e. The van der Waals surface area contributed by atoms with E-state index in [1.54, 1.807) is 0 Å². The van der Waals surface area contributed by atoms with Crippen LogP contribution in [0.5, 0.6) is 0 Å². The fraction of sp³-hybridized carbons (Fsp3) is 0.471. The SMILES string of the molecule is CC/C=C/C(/C=C(\C=C\CCC)C(=O)NCC)=C(/C)N. The second-order valence-electron chi connectivity index (χ2n) is 4.60. The lowest BCUT2D eigenvalue weighted by Gasteiger charge is -2.05. The van der Waals surface area contributed by atoms with E-state index in [9.17, 15) is 4.79 Å². The summed E-state index contributed by atoms with van der Waals surface area (Å²) in [7, 11) is 0. The van der Waals surface area contributed by atoms with E-state index in [2.05, 4.69) is 19.2 Å². The third kappa shape index (κ3) is 7.62. The molecular formula is C17H28N2O. The van der Waals surface area contributed by atoms with Crippen LogP contribution in [-0.4, -0.2) is 12.5 Å². The highest BCUT2D eigenvalue weighted by Gasteiger charge is 2.05. The highest BCUT2D eigenvalue weighted by molar-refractivity contribution is 5.96. The Morgan fingerprint density at radius 3 is 2.35 bits per heavy atom. The Morgan fingerprint density at radius 1 is 1.15 bits per heavy atom. The summed E-state index contributed by atoms with van der Waals surface area (Å²) in [6.07, 6.45) is 12.7. The van der Waals surface area contributed by atoms with E-state index in [4.69, 9.17) is 5.73 Å². The Bertz CT molecular complexity index is 411. The van der Waals surface area contributed by atoms with Crippen molar-refractivity contribution in [3.8, 4) is 0 Å². The van der Waals surface area contributed by atoms with Crippen LogP contribution >= 0.6 is 0 Å². The highest BCUT2D eigenvalue weighted by atomic mass is 16.1. The lowest BCUT2D eigenvalue weighted by Crippen LogP contribution is -2.23. The monoisotopic (exact) mass is 276 g/mol. The molecule has 0 radical (unpaired) electrons. The Kier molecular flexibility index (Phi) is 10.1. The van der Waals surface area contributed by atoms with Gasteiger partial charge in [-0.15, -0.1) is 0 Å². The normalized spacial score (nSPS) is 13.9. The van der Waals surface area contributed by atoms with E-state index in [-0.39, 0.29) is 5.91 Å². The van der Waals surface area contributed by atoms with Gasteiger partial charge in [-0.3, -0.25) is 4.79 Å². The molecule has 0 saturated carbocycles. The van der Waals surface area contributed by atoms with Crippen LogP contribution in [0.3, 0.4) is 0 Å². The standard InChI is InChI=1S/C17H28N2O/c1-5-8-10-12-16(17(20)19-7-3)13-15(14(4)18)11-9-6-2/h9-13H,5-8,18H2,1-4H3,(H,19,20)/b11-9+,12-10+,15-14+,16-13+. The van der Waals surface area contributed by atoms with Gasteiger partial charge in [0, 0.05) is 17.8 Å². The van der Waals surface area contributed by atoms with Crippen molar-refractivity contribution in [1.82, 2.24) is 5.32 Å². The van der Waals surface area contributed by atoms with E-state index in [0.29, 0.717) is 17.8 Å². The van der Waals surface area contributed by atoms with Gasteiger partial charge in [0.15, 0.2) is 0 Å². The number of nitrogens with two attached hydrogens (primary N) is 1. The third-order valence-electron chi connectivity index (χ3n) is 2.65. The summed E-state index contributed by atoms with van der Waals surface area (Å²) in [5.74, 6) is -0.0662. The van der Waals surface area contributed by atoms with E-state index >= 15 is 0 Å². The van der Waals surface area contributed by atoms with Crippen molar-refractivity contribution in [2.45, 2.75) is 47.0 Å². The van der Waals surface area contributed by atoms with E-state index in [0.717, 1.165) is 24.8 Å². The number of allylic oxidation sites excluding steroid dienone is 6. The molecule has 20 heavy (non-hydrogen) atoms.